The third-order valence-corrected chi connectivity index (χ3v) is 2.51. The number of aromatic hydroxyl groups is 1. The molecule has 84 valence electrons. The Morgan fingerprint density at radius 1 is 1.50 bits per heavy atom. The van der Waals surface area contributed by atoms with Crippen LogP contribution in [0.3, 0.4) is 0 Å². The molecule has 0 aromatic heterocycles. The molecule has 2 N–H and O–H groups in total. The molecule has 2 rings (SSSR count). The Balaban J connectivity index is 2.15. The lowest BCUT2D eigenvalue weighted by Gasteiger charge is -2.23. The zero-order valence-electron chi connectivity index (χ0n) is 8.59. The summed E-state index contributed by atoms with van der Waals surface area (Å²) in [6, 6.07) is 5.20. The van der Waals surface area contributed by atoms with Crippen LogP contribution in [0, 0.1) is 5.92 Å². The fourth-order valence-corrected chi connectivity index (χ4v) is 1.77. The van der Waals surface area contributed by atoms with Crippen LogP contribution in [-0.2, 0) is 11.2 Å². The predicted molar refractivity (Wildman–Crippen MR) is 57.6 cm³/mol. The van der Waals surface area contributed by atoms with Crippen LogP contribution >= 0.6 is 0 Å². The second-order valence-electron chi connectivity index (χ2n) is 3.74. The van der Waals surface area contributed by atoms with E-state index >= 15 is 0 Å². The van der Waals surface area contributed by atoms with Gasteiger partial charge in [-0.2, -0.15) is 0 Å². The van der Waals surface area contributed by atoms with Crippen molar-refractivity contribution in [2.75, 3.05) is 6.61 Å². The lowest BCUT2D eigenvalue weighted by molar-refractivity contribution is -0.131. The van der Waals surface area contributed by atoms with Crippen molar-refractivity contribution < 1.29 is 19.7 Å². The molecule has 1 aliphatic heterocycles. The number of carboxylic acid groups (broad SMARTS) is 1. The van der Waals surface area contributed by atoms with E-state index in [0.29, 0.717) is 18.8 Å². The van der Waals surface area contributed by atoms with Gasteiger partial charge >= 0.3 is 5.97 Å². The van der Waals surface area contributed by atoms with E-state index in [1.807, 2.05) is 6.07 Å². The number of benzene rings is 1. The molecule has 4 nitrogen and oxygen atoms in total. The maximum Gasteiger partial charge on any atom is 0.327 e. The first-order chi connectivity index (χ1) is 7.66. The second kappa shape index (κ2) is 4.26. The number of carboxylic acids is 1. The number of phenols is 1. The van der Waals surface area contributed by atoms with Crippen molar-refractivity contribution in [3.8, 4) is 11.5 Å². The topological polar surface area (TPSA) is 66.8 Å². The Hall–Kier alpha value is -1.97. The number of hydrogen-bond acceptors (Lipinski definition) is 3. The number of carbonyl (C=O) groups is 1. The minimum atomic E-state index is -0.957. The molecule has 4 heteroatoms. The molecule has 0 spiro atoms. The maximum atomic E-state index is 10.4. The van der Waals surface area contributed by atoms with Gasteiger partial charge in [-0.15, -0.1) is 0 Å². The number of aliphatic carboxylic acids is 1. The number of phenolic OH excluding ortho intramolecular Hbond substituents is 1. The van der Waals surface area contributed by atoms with Crippen LogP contribution in [0.15, 0.2) is 30.4 Å². The van der Waals surface area contributed by atoms with Crippen LogP contribution in [0.25, 0.3) is 0 Å². The summed E-state index contributed by atoms with van der Waals surface area (Å²) in [6.07, 6.45) is 3.44. The first kappa shape index (κ1) is 10.5. The lowest BCUT2D eigenvalue weighted by Crippen LogP contribution is -2.19. The summed E-state index contributed by atoms with van der Waals surface area (Å²) in [6.45, 7) is 0.397. The van der Waals surface area contributed by atoms with E-state index in [1.54, 1.807) is 18.2 Å². The first-order valence-electron chi connectivity index (χ1n) is 5.01. The van der Waals surface area contributed by atoms with E-state index < -0.39 is 5.97 Å². The third kappa shape index (κ3) is 2.16. The molecular formula is C12H12O4. The van der Waals surface area contributed by atoms with Gasteiger partial charge in [0.05, 0.1) is 6.61 Å². The average Bonchev–Trinajstić information content (AvgIpc) is 2.26. The Kier molecular flexibility index (Phi) is 2.81. The number of fused-ring (bicyclic) bond motifs is 1. The van der Waals surface area contributed by atoms with E-state index in [0.717, 1.165) is 11.6 Å². The summed E-state index contributed by atoms with van der Waals surface area (Å²) in [4.78, 5) is 10.4. The van der Waals surface area contributed by atoms with Gasteiger partial charge in [-0.3, -0.25) is 0 Å². The molecule has 0 bridgehead atoms. The Morgan fingerprint density at radius 2 is 2.31 bits per heavy atom. The fourth-order valence-electron chi connectivity index (χ4n) is 1.77. The summed E-state index contributed by atoms with van der Waals surface area (Å²) < 4.78 is 5.40. The van der Waals surface area contributed by atoms with Crippen molar-refractivity contribution in [1.29, 1.82) is 0 Å². The molecule has 1 aromatic carbocycles. The van der Waals surface area contributed by atoms with Gasteiger partial charge in [-0.1, -0.05) is 18.2 Å². The third-order valence-electron chi connectivity index (χ3n) is 2.51. The maximum absolute atomic E-state index is 10.4. The van der Waals surface area contributed by atoms with Crippen LogP contribution in [0.4, 0.5) is 0 Å². The summed E-state index contributed by atoms with van der Waals surface area (Å²) in [7, 11) is 0. The van der Waals surface area contributed by atoms with E-state index in [2.05, 4.69) is 0 Å². The Labute approximate surface area is 92.8 Å². The van der Waals surface area contributed by atoms with Gasteiger partial charge in [0, 0.05) is 12.0 Å². The number of para-hydroxylation sites is 1. The molecule has 0 amide bonds. The van der Waals surface area contributed by atoms with Crippen LogP contribution < -0.4 is 4.74 Å². The van der Waals surface area contributed by atoms with Crippen LogP contribution in [0.5, 0.6) is 11.5 Å². The normalized spacial score (nSPS) is 19.1. The molecule has 0 aliphatic carbocycles. The van der Waals surface area contributed by atoms with Gasteiger partial charge in [-0.05, 0) is 18.1 Å². The molecule has 1 aliphatic rings. The monoisotopic (exact) mass is 220 g/mol. The zero-order chi connectivity index (χ0) is 11.5. The molecule has 0 radical (unpaired) electrons. The van der Waals surface area contributed by atoms with Crippen LogP contribution in [-0.4, -0.2) is 22.8 Å². The van der Waals surface area contributed by atoms with E-state index in [9.17, 15) is 9.90 Å². The van der Waals surface area contributed by atoms with Gasteiger partial charge < -0.3 is 14.9 Å². The summed E-state index contributed by atoms with van der Waals surface area (Å²) in [5.41, 5.74) is 0.909. The van der Waals surface area contributed by atoms with Crippen molar-refractivity contribution in [1.82, 2.24) is 0 Å². The van der Waals surface area contributed by atoms with Crippen molar-refractivity contribution in [2.45, 2.75) is 6.42 Å². The largest absolute Gasteiger partial charge is 0.504 e. The number of hydrogen-bond donors (Lipinski definition) is 2. The Bertz CT molecular complexity index is 437. The number of ether oxygens (including phenoxy) is 1. The fraction of sp³-hybridized carbons (Fsp3) is 0.250. The molecule has 0 unspecified atom stereocenters. The van der Waals surface area contributed by atoms with Gasteiger partial charge in [-0.25, -0.2) is 4.79 Å². The summed E-state index contributed by atoms with van der Waals surface area (Å²) in [5.74, 6) is -0.257. The molecule has 16 heavy (non-hydrogen) atoms. The van der Waals surface area contributed by atoms with Gasteiger partial charge in [0.1, 0.15) is 0 Å². The highest BCUT2D eigenvalue weighted by molar-refractivity contribution is 5.79. The standard InChI is InChI=1S/C12H12O4/c13-10-3-1-2-9-6-8(4-5-11(14)15)7-16-12(9)10/h1-5,8,13H,6-7H2,(H,14,15)/b5-4+/t8-/m0/s1. The molecule has 1 heterocycles. The molecule has 0 fully saturated rings. The second-order valence-corrected chi connectivity index (χ2v) is 3.74. The van der Waals surface area contributed by atoms with Crippen molar-refractivity contribution in [3.63, 3.8) is 0 Å². The lowest BCUT2D eigenvalue weighted by atomic mass is 9.96. The van der Waals surface area contributed by atoms with Gasteiger partial charge in [0.2, 0.25) is 0 Å². The predicted octanol–water partition coefficient (Wildman–Crippen LogP) is 1.58. The molecule has 0 saturated heterocycles. The SMILES string of the molecule is O=C(O)/C=C/[C@@H]1COc2c(O)cccc2C1. The molecule has 1 atom stereocenters. The molecule has 1 aromatic rings. The smallest absolute Gasteiger partial charge is 0.327 e. The summed E-state index contributed by atoms with van der Waals surface area (Å²) in [5, 5.41) is 18.0. The van der Waals surface area contributed by atoms with Gasteiger partial charge in [0.25, 0.3) is 0 Å². The van der Waals surface area contributed by atoms with Crippen molar-refractivity contribution in [2.24, 2.45) is 5.92 Å². The average molecular weight is 220 g/mol. The van der Waals surface area contributed by atoms with Crippen molar-refractivity contribution in [3.05, 3.63) is 35.9 Å². The highest BCUT2D eigenvalue weighted by Crippen LogP contribution is 2.35. The Morgan fingerprint density at radius 3 is 3.06 bits per heavy atom. The van der Waals surface area contributed by atoms with Crippen molar-refractivity contribution >= 4 is 5.97 Å². The van der Waals surface area contributed by atoms with Gasteiger partial charge in [0.15, 0.2) is 11.5 Å². The minimum Gasteiger partial charge on any atom is -0.504 e. The van der Waals surface area contributed by atoms with E-state index in [1.165, 1.54) is 0 Å². The first-order valence-corrected chi connectivity index (χ1v) is 5.01. The van der Waals surface area contributed by atoms with Crippen LogP contribution in [0.2, 0.25) is 0 Å². The summed E-state index contributed by atoms with van der Waals surface area (Å²) >= 11 is 0. The quantitative estimate of drug-likeness (QED) is 0.742. The van der Waals surface area contributed by atoms with E-state index in [4.69, 9.17) is 9.84 Å². The molecular weight excluding hydrogens is 208 g/mol. The highest BCUT2D eigenvalue weighted by atomic mass is 16.5. The number of rotatable bonds is 2. The minimum absolute atomic E-state index is 0.0467. The zero-order valence-corrected chi connectivity index (χ0v) is 8.59. The molecule has 0 saturated carbocycles. The van der Waals surface area contributed by atoms with Crippen LogP contribution in [0.1, 0.15) is 5.56 Å². The highest BCUT2D eigenvalue weighted by Gasteiger charge is 2.20. The van der Waals surface area contributed by atoms with E-state index in [-0.39, 0.29) is 11.7 Å².